The van der Waals surface area contributed by atoms with Crippen molar-refractivity contribution in [3.8, 4) is 0 Å². The van der Waals surface area contributed by atoms with Crippen molar-refractivity contribution in [3.05, 3.63) is 34.9 Å². The monoisotopic (exact) mass is 269 g/mol. The van der Waals surface area contributed by atoms with Crippen molar-refractivity contribution < 1.29 is 0 Å². The van der Waals surface area contributed by atoms with Gasteiger partial charge in [-0.3, -0.25) is 0 Å². The molecule has 0 radical (unpaired) electrons. The van der Waals surface area contributed by atoms with E-state index < -0.39 is 0 Å². The van der Waals surface area contributed by atoms with Crippen LogP contribution in [0.15, 0.2) is 28.8 Å². The Morgan fingerprint density at radius 3 is 1.95 bits per heavy atom. The molecule has 1 heteroatoms. The van der Waals surface area contributed by atoms with Gasteiger partial charge in [-0.15, -0.1) is 0 Å². The van der Waals surface area contributed by atoms with Gasteiger partial charge in [-0.25, -0.2) is 4.99 Å². The molecule has 1 saturated carbocycles. The summed E-state index contributed by atoms with van der Waals surface area (Å²) < 4.78 is 0. The Morgan fingerprint density at radius 2 is 1.45 bits per heavy atom. The Morgan fingerprint density at radius 1 is 0.900 bits per heavy atom. The van der Waals surface area contributed by atoms with Crippen molar-refractivity contribution in [1.82, 2.24) is 0 Å². The molecule has 1 aliphatic carbocycles. The molecule has 0 amide bonds. The minimum atomic E-state index is 0.505. The number of nitrogens with zero attached hydrogens (tertiary/aromatic N) is 1. The summed E-state index contributed by atoms with van der Waals surface area (Å²) in [6, 6.07) is 6.59. The van der Waals surface area contributed by atoms with E-state index >= 15 is 0 Å². The van der Waals surface area contributed by atoms with E-state index in [1.165, 1.54) is 48.8 Å². The number of hydrogen-bond acceptors (Lipinski definition) is 1. The molecule has 108 valence electrons. The van der Waals surface area contributed by atoms with Crippen LogP contribution in [0.5, 0.6) is 0 Å². The van der Waals surface area contributed by atoms with E-state index in [1.54, 1.807) is 0 Å². The second-order valence-corrected chi connectivity index (χ2v) is 6.48. The molecular weight excluding hydrogens is 242 g/mol. The molecule has 0 unspecified atom stereocenters. The summed E-state index contributed by atoms with van der Waals surface area (Å²) in [7, 11) is 0. The summed E-state index contributed by atoms with van der Waals surface area (Å²) in [5, 5.41) is 0. The maximum absolute atomic E-state index is 4.79. The zero-order valence-electron chi connectivity index (χ0n) is 13.4. The van der Waals surface area contributed by atoms with Gasteiger partial charge in [0.15, 0.2) is 0 Å². The summed E-state index contributed by atoms with van der Waals surface area (Å²) >= 11 is 0. The van der Waals surface area contributed by atoms with E-state index in [2.05, 4.69) is 51.8 Å². The van der Waals surface area contributed by atoms with Gasteiger partial charge in [0.05, 0.1) is 5.69 Å². The molecule has 20 heavy (non-hydrogen) atoms. The van der Waals surface area contributed by atoms with Crippen molar-refractivity contribution in [3.63, 3.8) is 0 Å². The van der Waals surface area contributed by atoms with Gasteiger partial charge in [-0.05, 0) is 60.1 Å². The van der Waals surface area contributed by atoms with Gasteiger partial charge in [-0.2, -0.15) is 0 Å². The van der Waals surface area contributed by atoms with Crippen LogP contribution in [0.25, 0.3) is 0 Å². The highest BCUT2D eigenvalue weighted by atomic mass is 14.7. The summed E-state index contributed by atoms with van der Waals surface area (Å²) in [6.07, 6.45) is 6.35. The van der Waals surface area contributed by atoms with Crippen molar-refractivity contribution in [1.29, 1.82) is 0 Å². The number of rotatable bonds is 3. The molecule has 0 atom stereocenters. The summed E-state index contributed by atoms with van der Waals surface area (Å²) in [4.78, 5) is 4.79. The van der Waals surface area contributed by atoms with E-state index in [1.807, 2.05) is 0 Å². The van der Waals surface area contributed by atoms with Crippen LogP contribution in [0.4, 0.5) is 5.69 Å². The smallest absolute Gasteiger partial charge is 0.0798 e. The Labute approximate surface area is 123 Å². The van der Waals surface area contributed by atoms with Gasteiger partial charge in [0.1, 0.15) is 0 Å². The topological polar surface area (TPSA) is 12.4 Å². The molecule has 1 aliphatic rings. The molecule has 0 aliphatic heterocycles. The number of hydrogen-bond donors (Lipinski definition) is 0. The summed E-state index contributed by atoms with van der Waals surface area (Å²) in [5.74, 6) is 4.38. The maximum atomic E-state index is 4.79. The van der Waals surface area contributed by atoms with E-state index in [9.17, 15) is 0 Å². The number of aliphatic imine (C=N–C) groups is 1. The summed E-state index contributed by atoms with van der Waals surface area (Å²) in [6.45, 7) is 8.97. The zero-order valence-corrected chi connectivity index (χ0v) is 13.4. The van der Waals surface area contributed by atoms with Crippen LogP contribution in [0.1, 0.15) is 82.8 Å². The van der Waals surface area contributed by atoms with E-state index in [0.29, 0.717) is 11.8 Å². The molecule has 0 heterocycles. The van der Waals surface area contributed by atoms with Crippen LogP contribution in [-0.4, -0.2) is 5.87 Å². The van der Waals surface area contributed by atoms with Crippen LogP contribution >= 0.6 is 0 Å². The lowest BCUT2D eigenvalue weighted by atomic mass is 9.93. The van der Waals surface area contributed by atoms with Crippen LogP contribution in [0.2, 0.25) is 0 Å². The molecule has 0 N–H and O–H groups in total. The average molecular weight is 269 g/mol. The fraction of sp³-hybridized carbons (Fsp3) is 0.579. The SMILES string of the molecule is CC(C)c1cccc(C(C)C)c1N=C=C1CCCCC1. The van der Waals surface area contributed by atoms with Gasteiger partial charge >= 0.3 is 0 Å². The van der Waals surface area contributed by atoms with Crippen LogP contribution < -0.4 is 0 Å². The molecule has 1 aromatic carbocycles. The van der Waals surface area contributed by atoms with Gasteiger partial charge in [0.2, 0.25) is 0 Å². The lowest BCUT2D eigenvalue weighted by Gasteiger charge is -2.15. The molecule has 1 nitrogen and oxygen atoms in total. The van der Waals surface area contributed by atoms with Crippen molar-refractivity contribution >= 4 is 11.6 Å². The van der Waals surface area contributed by atoms with Gasteiger partial charge < -0.3 is 0 Å². The van der Waals surface area contributed by atoms with Gasteiger partial charge in [-0.1, -0.05) is 52.3 Å². The summed E-state index contributed by atoms with van der Waals surface area (Å²) in [5.41, 5.74) is 5.26. The minimum absolute atomic E-state index is 0.505. The molecular formula is C19H27N. The fourth-order valence-corrected chi connectivity index (χ4v) is 2.87. The minimum Gasteiger partial charge on any atom is -0.206 e. The van der Waals surface area contributed by atoms with E-state index in [0.717, 1.165) is 5.69 Å². The highest BCUT2D eigenvalue weighted by Crippen LogP contribution is 2.34. The van der Waals surface area contributed by atoms with Crippen LogP contribution in [0, 0.1) is 0 Å². The predicted octanol–water partition coefficient (Wildman–Crippen LogP) is 6.13. The third-order valence-electron chi connectivity index (χ3n) is 4.13. The second kappa shape index (κ2) is 6.90. The second-order valence-electron chi connectivity index (χ2n) is 6.48. The van der Waals surface area contributed by atoms with Gasteiger partial charge in [0, 0.05) is 0 Å². The average Bonchev–Trinajstić information content (AvgIpc) is 2.45. The molecule has 0 aromatic heterocycles. The molecule has 0 spiro atoms. The molecule has 1 aromatic rings. The largest absolute Gasteiger partial charge is 0.206 e. The molecule has 0 bridgehead atoms. The maximum Gasteiger partial charge on any atom is 0.0798 e. The fourth-order valence-electron chi connectivity index (χ4n) is 2.87. The first kappa shape index (κ1) is 15.1. The number of allylic oxidation sites excluding steroid dienone is 1. The molecule has 2 rings (SSSR count). The van der Waals surface area contributed by atoms with E-state index in [-0.39, 0.29) is 0 Å². The van der Waals surface area contributed by atoms with E-state index in [4.69, 9.17) is 4.99 Å². The zero-order chi connectivity index (χ0) is 14.5. The van der Waals surface area contributed by atoms with Gasteiger partial charge in [0.25, 0.3) is 0 Å². The first-order valence-corrected chi connectivity index (χ1v) is 8.04. The van der Waals surface area contributed by atoms with Crippen molar-refractivity contribution in [2.24, 2.45) is 4.99 Å². The Balaban J connectivity index is 2.45. The van der Waals surface area contributed by atoms with Crippen LogP contribution in [-0.2, 0) is 0 Å². The van der Waals surface area contributed by atoms with Crippen LogP contribution in [0.3, 0.4) is 0 Å². The number of para-hydroxylation sites is 1. The lowest BCUT2D eigenvalue weighted by molar-refractivity contribution is 0.605. The normalized spacial score (nSPS) is 15.6. The molecule has 0 saturated heterocycles. The quantitative estimate of drug-likeness (QED) is 0.586. The standard InChI is InChI=1S/C19H27N/c1-14(2)17-11-8-12-18(15(3)4)19(17)20-13-16-9-6-5-7-10-16/h8,11-12,14-15H,5-7,9-10H2,1-4H3. The first-order valence-electron chi connectivity index (χ1n) is 8.04. The molecule has 1 fully saturated rings. The Bertz CT molecular complexity index is 482. The predicted molar refractivity (Wildman–Crippen MR) is 88.3 cm³/mol. The highest BCUT2D eigenvalue weighted by Gasteiger charge is 2.13. The highest BCUT2D eigenvalue weighted by molar-refractivity contribution is 5.67. The lowest BCUT2D eigenvalue weighted by Crippen LogP contribution is -1.96. The number of benzene rings is 1. The Hall–Kier alpha value is -1.33. The van der Waals surface area contributed by atoms with Crippen molar-refractivity contribution in [2.45, 2.75) is 71.6 Å². The Kier molecular flexibility index (Phi) is 5.20. The third kappa shape index (κ3) is 3.61. The third-order valence-corrected chi connectivity index (χ3v) is 4.13. The van der Waals surface area contributed by atoms with Crippen molar-refractivity contribution in [2.75, 3.05) is 0 Å². The first-order chi connectivity index (χ1) is 9.59.